The summed E-state index contributed by atoms with van der Waals surface area (Å²) in [7, 11) is 0. The molecule has 1 aliphatic heterocycles. The number of hydrogen-bond donors (Lipinski definition) is 1. The minimum Gasteiger partial charge on any atom is -0.489 e. The molecule has 0 aliphatic carbocycles. The topological polar surface area (TPSA) is 39.2 Å². The predicted octanol–water partition coefficient (Wildman–Crippen LogP) is 4.06. The summed E-state index contributed by atoms with van der Waals surface area (Å²) >= 11 is 5.51. The van der Waals surface area contributed by atoms with Gasteiger partial charge in [0, 0.05) is 6.61 Å². The maximum absolute atomic E-state index is 5.90. The van der Waals surface area contributed by atoms with E-state index in [1.165, 1.54) is 0 Å². The first-order valence-electron chi connectivity index (χ1n) is 7.51. The number of para-hydroxylation sites is 1. The molecule has 0 bridgehead atoms. The van der Waals surface area contributed by atoms with E-state index >= 15 is 0 Å². The number of fused-ring (bicyclic) bond motifs is 1. The van der Waals surface area contributed by atoms with E-state index in [1.54, 1.807) is 0 Å². The van der Waals surface area contributed by atoms with Gasteiger partial charge in [-0.15, -0.1) is 0 Å². The first-order valence-corrected chi connectivity index (χ1v) is 7.91. The summed E-state index contributed by atoms with van der Waals surface area (Å²) in [6.45, 7) is 7.83. The molecule has 4 nitrogen and oxygen atoms in total. The highest BCUT2D eigenvalue weighted by Crippen LogP contribution is 2.31. The van der Waals surface area contributed by atoms with Crippen LogP contribution < -0.4 is 4.74 Å². The Hall–Kier alpha value is -1.33. The molecule has 0 saturated carbocycles. The van der Waals surface area contributed by atoms with Gasteiger partial charge in [0.05, 0.1) is 23.8 Å². The van der Waals surface area contributed by atoms with Crippen LogP contribution in [0, 0.1) is 4.77 Å². The number of hydrogen-bond acceptors (Lipinski definition) is 3. The Balaban J connectivity index is 2.03. The van der Waals surface area contributed by atoms with E-state index in [2.05, 4.69) is 22.5 Å². The van der Waals surface area contributed by atoms with Crippen LogP contribution in [-0.2, 0) is 11.3 Å². The Morgan fingerprint density at radius 1 is 1.48 bits per heavy atom. The van der Waals surface area contributed by atoms with Crippen LogP contribution in [0.3, 0.4) is 0 Å². The summed E-state index contributed by atoms with van der Waals surface area (Å²) in [5.41, 5.74) is 1.93. The van der Waals surface area contributed by atoms with Crippen molar-refractivity contribution in [2.75, 3.05) is 6.61 Å². The summed E-state index contributed by atoms with van der Waals surface area (Å²) in [5.74, 6) is 0.852. The second-order valence-electron chi connectivity index (χ2n) is 6.24. The zero-order valence-electron chi connectivity index (χ0n) is 12.8. The fourth-order valence-electron chi connectivity index (χ4n) is 2.96. The van der Waals surface area contributed by atoms with Crippen LogP contribution in [0.2, 0.25) is 0 Å². The molecule has 2 aromatic rings. The molecule has 1 atom stereocenters. The van der Waals surface area contributed by atoms with Crippen molar-refractivity contribution >= 4 is 23.3 Å². The highest BCUT2D eigenvalue weighted by molar-refractivity contribution is 7.71. The minimum atomic E-state index is -0.123. The second kappa shape index (κ2) is 5.46. The second-order valence-corrected chi connectivity index (χ2v) is 6.62. The minimum absolute atomic E-state index is 0.123. The largest absolute Gasteiger partial charge is 0.489 e. The lowest BCUT2D eigenvalue weighted by Crippen LogP contribution is -2.29. The Labute approximate surface area is 130 Å². The average Bonchev–Trinajstić information content (AvgIpc) is 2.96. The smallest absolute Gasteiger partial charge is 0.178 e. The van der Waals surface area contributed by atoms with Crippen LogP contribution in [0.4, 0.5) is 0 Å². The van der Waals surface area contributed by atoms with E-state index in [-0.39, 0.29) is 11.7 Å². The average molecular weight is 306 g/mol. The van der Waals surface area contributed by atoms with Gasteiger partial charge in [-0.3, -0.25) is 0 Å². The molecule has 3 rings (SSSR count). The van der Waals surface area contributed by atoms with Gasteiger partial charge in [-0.25, -0.2) is 0 Å². The number of nitrogens with zero attached hydrogens (tertiary/aromatic N) is 1. The fraction of sp³-hybridized carbons (Fsp3) is 0.562. The van der Waals surface area contributed by atoms with E-state index < -0.39 is 0 Å². The van der Waals surface area contributed by atoms with Gasteiger partial charge in [-0.2, -0.15) is 0 Å². The first-order chi connectivity index (χ1) is 9.98. The van der Waals surface area contributed by atoms with Crippen molar-refractivity contribution < 1.29 is 9.47 Å². The maximum atomic E-state index is 5.90. The number of rotatable bonds is 4. The van der Waals surface area contributed by atoms with Gasteiger partial charge in [0.15, 0.2) is 4.77 Å². The quantitative estimate of drug-likeness (QED) is 0.866. The van der Waals surface area contributed by atoms with Gasteiger partial charge in [0.25, 0.3) is 0 Å². The zero-order valence-corrected chi connectivity index (χ0v) is 13.6. The number of imidazole rings is 1. The van der Waals surface area contributed by atoms with Gasteiger partial charge in [0.1, 0.15) is 11.3 Å². The molecule has 5 heteroatoms. The van der Waals surface area contributed by atoms with Crippen molar-refractivity contribution in [1.82, 2.24) is 9.55 Å². The van der Waals surface area contributed by atoms with Crippen LogP contribution in [-0.4, -0.2) is 27.9 Å². The molecular formula is C16H22N2O2S. The summed E-state index contributed by atoms with van der Waals surface area (Å²) in [4.78, 5) is 3.29. The van der Waals surface area contributed by atoms with Gasteiger partial charge >= 0.3 is 0 Å². The molecule has 1 N–H and O–H groups in total. The van der Waals surface area contributed by atoms with Gasteiger partial charge in [-0.1, -0.05) is 6.07 Å². The molecule has 1 saturated heterocycles. The lowest BCUT2D eigenvalue weighted by Gasteiger charge is -2.24. The number of aromatic nitrogens is 2. The van der Waals surface area contributed by atoms with Gasteiger partial charge in [-0.05, 0) is 58.0 Å². The Bertz CT molecular complexity index is 696. The molecule has 21 heavy (non-hydrogen) atoms. The van der Waals surface area contributed by atoms with Crippen molar-refractivity contribution in [2.45, 2.75) is 51.9 Å². The Morgan fingerprint density at radius 2 is 2.29 bits per heavy atom. The fourth-order valence-corrected chi connectivity index (χ4v) is 3.22. The molecule has 0 radical (unpaired) electrons. The SMILES string of the molecule is CC(C)Oc1cccc2c1[nH]c(=S)n2CC1(C)CCCO1. The third kappa shape index (κ3) is 2.85. The molecule has 0 spiro atoms. The van der Waals surface area contributed by atoms with Gasteiger partial charge in [0.2, 0.25) is 0 Å². The van der Waals surface area contributed by atoms with E-state index in [0.717, 1.165) is 47.5 Å². The number of aromatic amines is 1. The normalized spacial score (nSPS) is 22.3. The van der Waals surface area contributed by atoms with E-state index in [9.17, 15) is 0 Å². The molecule has 1 fully saturated rings. The maximum Gasteiger partial charge on any atom is 0.178 e. The van der Waals surface area contributed by atoms with Crippen LogP contribution >= 0.6 is 12.2 Å². The lowest BCUT2D eigenvalue weighted by molar-refractivity contribution is 0.00679. The third-order valence-corrected chi connectivity index (χ3v) is 4.25. The summed E-state index contributed by atoms with van der Waals surface area (Å²) in [6.07, 6.45) is 2.33. The van der Waals surface area contributed by atoms with E-state index in [1.807, 2.05) is 26.0 Å². The Morgan fingerprint density at radius 3 is 2.95 bits per heavy atom. The molecule has 1 unspecified atom stereocenters. The molecule has 1 aliphatic rings. The predicted molar refractivity (Wildman–Crippen MR) is 86.5 cm³/mol. The number of H-pyrrole nitrogens is 1. The number of benzene rings is 1. The zero-order chi connectivity index (χ0) is 15.0. The first kappa shape index (κ1) is 14.6. The molecule has 0 amide bonds. The van der Waals surface area contributed by atoms with Crippen molar-refractivity contribution in [1.29, 1.82) is 0 Å². The third-order valence-electron chi connectivity index (χ3n) is 3.93. The summed E-state index contributed by atoms with van der Waals surface area (Å²) in [6, 6.07) is 6.07. The molecule has 1 aromatic carbocycles. The Kier molecular flexibility index (Phi) is 3.80. The molecule has 1 aromatic heterocycles. The number of ether oxygens (including phenoxy) is 2. The summed E-state index contributed by atoms with van der Waals surface area (Å²) < 4.78 is 14.6. The van der Waals surface area contributed by atoms with Gasteiger partial charge < -0.3 is 19.0 Å². The summed E-state index contributed by atoms with van der Waals surface area (Å²) in [5, 5.41) is 0. The van der Waals surface area contributed by atoms with Crippen molar-refractivity contribution in [3.63, 3.8) is 0 Å². The molecule has 2 heterocycles. The highest BCUT2D eigenvalue weighted by Gasteiger charge is 2.31. The highest BCUT2D eigenvalue weighted by atomic mass is 32.1. The van der Waals surface area contributed by atoms with Crippen molar-refractivity contribution in [3.05, 3.63) is 23.0 Å². The van der Waals surface area contributed by atoms with Crippen molar-refractivity contribution in [2.24, 2.45) is 0 Å². The van der Waals surface area contributed by atoms with Crippen molar-refractivity contribution in [3.8, 4) is 5.75 Å². The standard InChI is InChI=1S/C16H22N2O2S/c1-11(2)20-13-7-4-6-12-14(13)17-15(21)18(12)10-16(3)8-5-9-19-16/h4,6-7,11H,5,8-10H2,1-3H3,(H,17,21). The van der Waals surface area contributed by atoms with E-state index in [0.29, 0.717) is 0 Å². The molecule has 114 valence electrons. The lowest BCUT2D eigenvalue weighted by atomic mass is 10.0. The van der Waals surface area contributed by atoms with Crippen LogP contribution in [0.15, 0.2) is 18.2 Å². The van der Waals surface area contributed by atoms with Crippen LogP contribution in [0.25, 0.3) is 11.0 Å². The molecular weight excluding hydrogens is 284 g/mol. The van der Waals surface area contributed by atoms with Crippen LogP contribution in [0.1, 0.15) is 33.6 Å². The monoisotopic (exact) mass is 306 g/mol. The van der Waals surface area contributed by atoms with E-state index in [4.69, 9.17) is 21.7 Å². The van der Waals surface area contributed by atoms with Crippen LogP contribution in [0.5, 0.6) is 5.75 Å². The number of nitrogens with one attached hydrogen (secondary N) is 1.